The predicted octanol–water partition coefficient (Wildman–Crippen LogP) is 4.13. The summed E-state index contributed by atoms with van der Waals surface area (Å²) < 4.78 is 5.75. The lowest BCUT2D eigenvalue weighted by Crippen LogP contribution is -1.94. The average Bonchev–Trinajstić information content (AvgIpc) is 2.55. The summed E-state index contributed by atoms with van der Waals surface area (Å²) in [7, 11) is 0. The van der Waals surface area contributed by atoms with Crippen LogP contribution in [0.4, 0.5) is 0 Å². The molecule has 0 N–H and O–H groups in total. The number of nitrogens with zero attached hydrogens (tertiary/aromatic N) is 1. The van der Waals surface area contributed by atoms with Gasteiger partial charge in [-0.3, -0.25) is 4.98 Å². The van der Waals surface area contributed by atoms with Crippen molar-refractivity contribution in [2.45, 2.75) is 6.61 Å². The number of aromatic nitrogens is 1. The van der Waals surface area contributed by atoms with Crippen molar-refractivity contribution < 1.29 is 4.74 Å². The van der Waals surface area contributed by atoms with Crippen molar-refractivity contribution >= 4 is 0 Å². The fraction of sp³-hybridized carbons (Fsp3) is 0.0556. The molecule has 0 unspecified atom stereocenters. The molecular formula is C18H14NO. The molecule has 1 heterocycles. The van der Waals surface area contributed by atoms with Crippen molar-refractivity contribution in [3.05, 3.63) is 84.6 Å². The van der Waals surface area contributed by atoms with Crippen molar-refractivity contribution in [2.75, 3.05) is 0 Å². The minimum atomic E-state index is 0.579. The molecule has 0 amide bonds. The quantitative estimate of drug-likeness (QED) is 0.703. The molecule has 0 aliphatic heterocycles. The highest BCUT2D eigenvalue weighted by Gasteiger charge is 2.00. The van der Waals surface area contributed by atoms with E-state index in [9.17, 15) is 0 Å². The van der Waals surface area contributed by atoms with Gasteiger partial charge in [-0.05, 0) is 35.9 Å². The van der Waals surface area contributed by atoms with Gasteiger partial charge in [-0.1, -0.05) is 36.4 Å². The second-order valence-corrected chi connectivity index (χ2v) is 4.43. The van der Waals surface area contributed by atoms with Crippen molar-refractivity contribution in [1.82, 2.24) is 4.98 Å². The third-order valence-electron chi connectivity index (χ3n) is 2.98. The molecule has 0 spiro atoms. The van der Waals surface area contributed by atoms with E-state index >= 15 is 0 Å². The van der Waals surface area contributed by atoms with Crippen LogP contribution in [0.15, 0.2) is 72.9 Å². The Morgan fingerprint density at radius 1 is 0.900 bits per heavy atom. The molecule has 1 aromatic heterocycles. The molecule has 0 aliphatic rings. The van der Waals surface area contributed by atoms with Gasteiger partial charge in [0.15, 0.2) is 0 Å². The van der Waals surface area contributed by atoms with Gasteiger partial charge < -0.3 is 4.74 Å². The zero-order valence-electron chi connectivity index (χ0n) is 11.0. The summed E-state index contributed by atoms with van der Waals surface area (Å²) in [6.07, 6.45) is 1.77. The number of hydrogen-bond acceptors (Lipinski definition) is 2. The topological polar surface area (TPSA) is 22.1 Å². The van der Waals surface area contributed by atoms with E-state index in [2.05, 4.69) is 23.2 Å². The fourth-order valence-corrected chi connectivity index (χ4v) is 1.93. The summed E-state index contributed by atoms with van der Waals surface area (Å²) >= 11 is 0. The first-order chi connectivity index (χ1) is 9.92. The van der Waals surface area contributed by atoms with Crippen LogP contribution in [0.3, 0.4) is 0 Å². The maximum Gasteiger partial charge on any atom is 0.119 e. The Morgan fingerprint density at radius 3 is 2.40 bits per heavy atom. The van der Waals surface area contributed by atoms with Crippen LogP contribution in [0.25, 0.3) is 11.3 Å². The van der Waals surface area contributed by atoms with Gasteiger partial charge in [0.25, 0.3) is 0 Å². The summed E-state index contributed by atoms with van der Waals surface area (Å²) in [6, 6.07) is 24.9. The lowest BCUT2D eigenvalue weighted by atomic mass is 10.1. The van der Waals surface area contributed by atoms with Crippen molar-refractivity contribution in [3.63, 3.8) is 0 Å². The van der Waals surface area contributed by atoms with E-state index in [-0.39, 0.29) is 0 Å². The maximum atomic E-state index is 5.75. The van der Waals surface area contributed by atoms with Crippen LogP contribution in [0.1, 0.15) is 5.56 Å². The van der Waals surface area contributed by atoms with Crippen LogP contribution in [-0.4, -0.2) is 4.98 Å². The van der Waals surface area contributed by atoms with Crippen molar-refractivity contribution in [1.29, 1.82) is 0 Å². The molecule has 0 saturated heterocycles. The Labute approximate surface area is 118 Å². The van der Waals surface area contributed by atoms with Gasteiger partial charge in [0, 0.05) is 17.8 Å². The van der Waals surface area contributed by atoms with Crippen LogP contribution in [-0.2, 0) is 6.61 Å². The Hall–Kier alpha value is -2.61. The SMILES string of the molecule is [c]1cccnc1-c1ccc(OCc2ccccc2)cc1. The predicted molar refractivity (Wildman–Crippen MR) is 79.3 cm³/mol. The molecule has 0 fully saturated rings. The second kappa shape index (κ2) is 6.02. The number of rotatable bonds is 4. The van der Waals surface area contributed by atoms with E-state index in [1.54, 1.807) is 6.20 Å². The van der Waals surface area contributed by atoms with E-state index in [4.69, 9.17) is 4.74 Å². The molecule has 97 valence electrons. The van der Waals surface area contributed by atoms with E-state index in [1.807, 2.05) is 54.6 Å². The summed E-state index contributed by atoms with van der Waals surface area (Å²) in [4.78, 5) is 4.28. The lowest BCUT2D eigenvalue weighted by Gasteiger charge is -2.07. The zero-order chi connectivity index (χ0) is 13.6. The largest absolute Gasteiger partial charge is 0.489 e. The van der Waals surface area contributed by atoms with E-state index < -0.39 is 0 Å². The minimum absolute atomic E-state index is 0.579. The molecule has 1 radical (unpaired) electrons. The van der Waals surface area contributed by atoms with Crippen LogP contribution in [0.5, 0.6) is 5.75 Å². The first-order valence-corrected chi connectivity index (χ1v) is 6.52. The average molecular weight is 260 g/mol. The summed E-state index contributed by atoms with van der Waals surface area (Å²) in [5.74, 6) is 0.855. The van der Waals surface area contributed by atoms with Gasteiger partial charge in [-0.25, -0.2) is 0 Å². The molecule has 20 heavy (non-hydrogen) atoms. The number of hydrogen-bond donors (Lipinski definition) is 0. The Kier molecular flexibility index (Phi) is 3.74. The third kappa shape index (κ3) is 3.04. The van der Waals surface area contributed by atoms with Crippen LogP contribution in [0.2, 0.25) is 0 Å². The third-order valence-corrected chi connectivity index (χ3v) is 2.98. The standard InChI is InChI=1S/C18H14NO/c1-2-6-15(7-3-1)14-20-17-11-9-16(10-12-17)18-8-4-5-13-19-18/h1-7,9-13H,14H2. The number of ether oxygens (including phenoxy) is 1. The Bertz CT molecular complexity index is 648. The van der Waals surface area contributed by atoms with Crippen LogP contribution < -0.4 is 4.74 Å². The molecule has 0 atom stereocenters. The van der Waals surface area contributed by atoms with Crippen LogP contribution in [0, 0.1) is 6.07 Å². The number of benzene rings is 2. The maximum absolute atomic E-state index is 5.75. The van der Waals surface area contributed by atoms with Gasteiger partial charge in [0.2, 0.25) is 0 Å². The monoisotopic (exact) mass is 260 g/mol. The van der Waals surface area contributed by atoms with Gasteiger partial charge in [-0.2, -0.15) is 0 Å². The highest BCUT2D eigenvalue weighted by atomic mass is 16.5. The molecule has 3 rings (SSSR count). The Balaban J connectivity index is 1.68. The zero-order valence-corrected chi connectivity index (χ0v) is 11.0. The molecule has 2 nitrogen and oxygen atoms in total. The highest BCUT2D eigenvalue weighted by Crippen LogP contribution is 2.20. The van der Waals surface area contributed by atoms with Crippen LogP contribution >= 0.6 is 0 Å². The first-order valence-electron chi connectivity index (χ1n) is 6.52. The second-order valence-electron chi connectivity index (χ2n) is 4.43. The van der Waals surface area contributed by atoms with Gasteiger partial charge in [-0.15, -0.1) is 0 Å². The smallest absolute Gasteiger partial charge is 0.119 e. The normalized spacial score (nSPS) is 10.2. The highest BCUT2D eigenvalue weighted by molar-refractivity contribution is 5.59. The first kappa shape index (κ1) is 12.4. The van der Waals surface area contributed by atoms with Gasteiger partial charge in [0.05, 0.1) is 5.69 Å². The summed E-state index contributed by atoms with van der Waals surface area (Å²) in [5.41, 5.74) is 3.05. The van der Waals surface area contributed by atoms with E-state index in [0.29, 0.717) is 6.61 Å². The van der Waals surface area contributed by atoms with E-state index in [1.165, 1.54) is 0 Å². The molecule has 3 aromatic rings. The molecule has 0 bridgehead atoms. The summed E-state index contributed by atoms with van der Waals surface area (Å²) in [5, 5.41) is 0. The van der Waals surface area contributed by atoms with Gasteiger partial charge >= 0.3 is 0 Å². The number of pyridine rings is 1. The molecule has 0 aliphatic carbocycles. The van der Waals surface area contributed by atoms with E-state index in [0.717, 1.165) is 22.6 Å². The van der Waals surface area contributed by atoms with Gasteiger partial charge in [0.1, 0.15) is 12.4 Å². The molecule has 2 heteroatoms. The van der Waals surface area contributed by atoms with Crippen molar-refractivity contribution in [2.24, 2.45) is 0 Å². The molecular weight excluding hydrogens is 246 g/mol. The lowest BCUT2D eigenvalue weighted by molar-refractivity contribution is 0.306. The Morgan fingerprint density at radius 2 is 1.70 bits per heavy atom. The molecule has 2 aromatic carbocycles. The minimum Gasteiger partial charge on any atom is -0.489 e. The fourth-order valence-electron chi connectivity index (χ4n) is 1.93. The summed E-state index contributed by atoms with van der Waals surface area (Å²) in [6.45, 7) is 0.579. The molecule has 0 saturated carbocycles. The van der Waals surface area contributed by atoms with Crippen molar-refractivity contribution in [3.8, 4) is 17.0 Å².